The van der Waals surface area contributed by atoms with Gasteiger partial charge < -0.3 is 0 Å². The Labute approximate surface area is 128 Å². The summed E-state index contributed by atoms with van der Waals surface area (Å²) in [6.07, 6.45) is -2.67. The summed E-state index contributed by atoms with van der Waals surface area (Å²) in [5.41, 5.74) is 1.06. The summed E-state index contributed by atoms with van der Waals surface area (Å²) in [5.74, 6) is -0.899. The molecule has 0 aromatic heterocycles. The first kappa shape index (κ1) is 15.8. The molecule has 0 saturated carbocycles. The molecule has 0 radical (unpaired) electrons. The molecule has 5 heteroatoms. The monoisotopic (exact) mass is 358 g/mol. The highest BCUT2D eigenvalue weighted by molar-refractivity contribution is 9.09. The van der Waals surface area contributed by atoms with E-state index in [1.165, 1.54) is 48.5 Å². The van der Waals surface area contributed by atoms with E-state index in [0.717, 1.165) is 0 Å². The van der Waals surface area contributed by atoms with Crippen molar-refractivity contribution < 1.29 is 17.6 Å². The number of hydrogen-bond acceptors (Lipinski definition) is 0. The van der Waals surface area contributed by atoms with Crippen molar-refractivity contribution >= 4 is 21.5 Å². The maximum absolute atomic E-state index is 13.2. The van der Waals surface area contributed by atoms with E-state index in [1.54, 1.807) is 0 Å². The molecule has 21 heavy (non-hydrogen) atoms. The van der Waals surface area contributed by atoms with E-state index in [9.17, 15) is 17.6 Å². The highest BCUT2D eigenvalue weighted by Gasteiger charge is 2.19. The lowest BCUT2D eigenvalue weighted by Gasteiger charge is -2.14. The molecule has 0 nitrogen and oxygen atoms in total. The van der Waals surface area contributed by atoms with E-state index in [1.807, 2.05) is 0 Å². The summed E-state index contributed by atoms with van der Waals surface area (Å²) in [7, 11) is 0. The van der Waals surface area contributed by atoms with Crippen molar-refractivity contribution in [1.82, 2.24) is 0 Å². The second kappa shape index (κ2) is 6.89. The largest absolute Gasteiger partial charge is 0.261 e. The number of alkyl halides is 3. The number of benzene rings is 2. The van der Waals surface area contributed by atoms with Crippen LogP contribution in [0.2, 0.25) is 0 Å². The van der Waals surface area contributed by atoms with E-state index >= 15 is 0 Å². The minimum absolute atomic E-state index is 0.0330. The van der Waals surface area contributed by atoms with Gasteiger partial charge in [0.1, 0.15) is 11.6 Å². The molecule has 0 bridgehead atoms. The quantitative estimate of drug-likeness (QED) is 0.505. The number of allylic oxidation sites excluding steroid dienone is 1. The van der Waals surface area contributed by atoms with E-state index in [2.05, 4.69) is 15.9 Å². The lowest BCUT2D eigenvalue weighted by Crippen LogP contribution is -2.04. The van der Waals surface area contributed by atoms with Crippen LogP contribution in [0.4, 0.5) is 17.6 Å². The molecular weight excluding hydrogens is 348 g/mol. The first-order valence-electron chi connectivity index (χ1n) is 6.12. The van der Waals surface area contributed by atoms with Crippen molar-refractivity contribution in [3.63, 3.8) is 0 Å². The van der Waals surface area contributed by atoms with Crippen LogP contribution in [0, 0.1) is 11.6 Å². The lowest BCUT2D eigenvalue weighted by atomic mass is 9.93. The Kier molecular flexibility index (Phi) is 5.17. The van der Waals surface area contributed by atoms with Crippen LogP contribution in [0.3, 0.4) is 0 Å². The Bertz CT molecular complexity index is 583. The Hall–Kier alpha value is -1.62. The van der Waals surface area contributed by atoms with Crippen molar-refractivity contribution in [2.45, 2.75) is 6.43 Å². The fourth-order valence-electron chi connectivity index (χ4n) is 2.00. The highest BCUT2D eigenvalue weighted by atomic mass is 79.9. The van der Waals surface area contributed by atoms with Crippen molar-refractivity contribution in [1.29, 1.82) is 0 Å². The van der Waals surface area contributed by atoms with E-state index in [4.69, 9.17) is 0 Å². The predicted molar refractivity (Wildman–Crippen MR) is 78.6 cm³/mol. The smallest absolute Gasteiger partial charge is 0.207 e. The topological polar surface area (TPSA) is 0 Å². The van der Waals surface area contributed by atoms with Gasteiger partial charge in [0.25, 0.3) is 6.43 Å². The average molecular weight is 359 g/mol. The number of halogens is 5. The van der Waals surface area contributed by atoms with Crippen LogP contribution in [0.5, 0.6) is 0 Å². The fraction of sp³-hybridized carbons (Fsp3) is 0.125. The first-order chi connectivity index (χ1) is 10.0. The Morgan fingerprint density at radius 1 is 0.810 bits per heavy atom. The molecule has 0 atom stereocenters. The molecule has 0 aliphatic carbocycles. The molecule has 2 aromatic rings. The third kappa shape index (κ3) is 3.73. The Morgan fingerprint density at radius 2 is 1.19 bits per heavy atom. The molecule has 2 aromatic carbocycles. The van der Waals surface area contributed by atoms with Crippen LogP contribution in [-0.2, 0) is 0 Å². The molecule has 0 saturated heterocycles. The third-order valence-electron chi connectivity index (χ3n) is 2.99. The molecule has 0 aliphatic heterocycles. The summed E-state index contributed by atoms with van der Waals surface area (Å²) in [4.78, 5) is 0. The van der Waals surface area contributed by atoms with Crippen molar-refractivity contribution in [2.24, 2.45) is 0 Å². The van der Waals surface area contributed by atoms with Gasteiger partial charge in [-0.2, -0.15) is 0 Å². The zero-order chi connectivity index (χ0) is 15.4. The van der Waals surface area contributed by atoms with E-state index in [-0.39, 0.29) is 16.5 Å². The summed E-state index contributed by atoms with van der Waals surface area (Å²) < 4.78 is 52.5. The SMILES string of the molecule is Fc1ccc(C(=C(CBr)C(F)F)c2ccc(F)cc2)cc1. The first-order valence-corrected chi connectivity index (χ1v) is 7.24. The van der Waals surface area contributed by atoms with E-state index < -0.39 is 18.1 Å². The van der Waals surface area contributed by atoms with Crippen LogP contribution in [0.25, 0.3) is 5.57 Å². The number of rotatable bonds is 4. The number of hydrogen-bond donors (Lipinski definition) is 0. The molecule has 0 aliphatic rings. The summed E-state index contributed by atoms with van der Waals surface area (Å²) in [6, 6.07) is 10.5. The second-order valence-electron chi connectivity index (χ2n) is 4.35. The zero-order valence-electron chi connectivity index (χ0n) is 10.8. The van der Waals surface area contributed by atoms with Gasteiger partial charge in [0.2, 0.25) is 0 Å². The minimum Gasteiger partial charge on any atom is -0.207 e. The van der Waals surface area contributed by atoms with Gasteiger partial charge in [-0.25, -0.2) is 17.6 Å². The van der Waals surface area contributed by atoms with Crippen LogP contribution in [0.15, 0.2) is 54.1 Å². The molecule has 0 fully saturated rings. The van der Waals surface area contributed by atoms with Gasteiger partial charge >= 0.3 is 0 Å². The Morgan fingerprint density at radius 3 is 1.48 bits per heavy atom. The van der Waals surface area contributed by atoms with Gasteiger partial charge in [-0.3, -0.25) is 0 Å². The molecular formula is C16H11BrF4. The molecule has 0 heterocycles. The summed E-state index contributed by atoms with van der Waals surface area (Å²) in [5, 5.41) is -0.0330. The van der Waals surface area contributed by atoms with Crippen LogP contribution >= 0.6 is 15.9 Å². The molecule has 2 rings (SSSR count). The van der Waals surface area contributed by atoms with Crippen LogP contribution in [0.1, 0.15) is 11.1 Å². The Balaban J connectivity index is 2.64. The molecule has 0 spiro atoms. The predicted octanol–water partition coefficient (Wildman–Crippen LogP) is 5.43. The van der Waals surface area contributed by atoms with Crippen LogP contribution in [-0.4, -0.2) is 11.8 Å². The maximum atomic E-state index is 13.2. The van der Waals surface area contributed by atoms with Gasteiger partial charge in [0.05, 0.1) is 0 Å². The van der Waals surface area contributed by atoms with E-state index in [0.29, 0.717) is 11.1 Å². The van der Waals surface area contributed by atoms with Crippen LogP contribution < -0.4 is 0 Å². The molecule has 0 unspecified atom stereocenters. The maximum Gasteiger partial charge on any atom is 0.261 e. The highest BCUT2D eigenvalue weighted by Crippen LogP contribution is 2.31. The standard InChI is InChI=1S/C16H11BrF4/c17-9-14(16(20)21)15(10-1-5-12(18)6-2-10)11-3-7-13(19)8-4-11/h1-8,16H,9H2. The second-order valence-corrected chi connectivity index (χ2v) is 4.91. The summed E-state index contributed by atoms with van der Waals surface area (Å²) >= 11 is 3.05. The molecule has 0 amide bonds. The minimum atomic E-state index is -2.67. The van der Waals surface area contributed by atoms with Gasteiger partial charge in [-0.15, -0.1) is 0 Å². The van der Waals surface area contributed by atoms with Gasteiger partial charge in [-0.1, -0.05) is 40.2 Å². The molecule has 110 valence electrons. The zero-order valence-corrected chi connectivity index (χ0v) is 12.4. The van der Waals surface area contributed by atoms with Crippen molar-refractivity contribution in [2.75, 3.05) is 5.33 Å². The average Bonchev–Trinajstić information content (AvgIpc) is 2.46. The van der Waals surface area contributed by atoms with Gasteiger partial charge in [-0.05, 0) is 41.0 Å². The third-order valence-corrected chi connectivity index (χ3v) is 3.60. The van der Waals surface area contributed by atoms with Crippen molar-refractivity contribution in [3.05, 3.63) is 76.9 Å². The van der Waals surface area contributed by atoms with Gasteiger partial charge in [0.15, 0.2) is 0 Å². The lowest BCUT2D eigenvalue weighted by molar-refractivity contribution is 0.191. The summed E-state index contributed by atoms with van der Waals surface area (Å²) in [6.45, 7) is 0. The fourth-order valence-corrected chi connectivity index (χ4v) is 2.53. The molecule has 0 N–H and O–H groups in total. The van der Waals surface area contributed by atoms with Gasteiger partial charge in [0, 0.05) is 10.9 Å². The van der Waals surface area contributed by atoms with Crippen molar-refractivity contribution in [3.8, 4) is 0 Å². The normalized spacial score (nSPS) is 10.8.